The van der Waals surface area contributed by atoms with Crippen molar-refractivity contribution in [1.29, 1.82) is 0 Å². The zero-order valence-electron chi connectivity index (χ0n) is 9.59. The molecule has 2 N–H and O–H groups in total. The summed E-state index contributed by atoms with van der Waals surface area (Å²) in [7, 11) is 0. The van der Waals surface area contributed by atoms with Crippen molar-refractivity contribution in [2.24, 2.45) is 0 Å². The topological polar surface area (TPSA) is 87.1 Å². The van der Waals surface area contributed by atoms with Gasteiger partial charge in [-0.3, -0.25) is 15.2 Å². The molecule has 0 spiro atoms. The molecular formula is C10H15N5O2. The monoisotopic (exact) mass is 237 g/mol. The highest BCUT2D eigenvalue weighted by Gasteiger charge is 2.23. The van der Waals surface area contributed by atoms with Crippen LogP contribution in [0.2, 0.25) is 0 Å². The van der Waals surface area contributed by atoms with Crippen LogP contribution in [0.1, 0.15) is 24.9 Å². The number of H-pyrrole nitrogens is 1. The van der Waals surface area contributed by atoms with Crippen molar-refractivity contribution in [3.8, 4) is 0 Å². The highest BCUT2D eigenvalue weighted by molar-refractivity contribution is 5.13. The molecule has 0 radical (unpaired) electrons. The number of rotatable bonds is 3. The van der Waals surface area contributed by atoms with Crippen molar-refractivity contribution in [2.75, 3.05) is 13.1 Å². The fourth-order valence-corrected chi connectivity index (χ4v) is 1.98. The number of nitrogens with one attached hydrogen (secondary N) is 2. The van der Waals surface area contributed by atoms with E-state index in [-0.39, 0.29) is 6.04 Å². The molecule has 0 aromatic carbocycles. The molecular weight excluding hydrogens is 222 g/mol. The maximum Gasteiger partial charge on any atom is 0.274 e. The van der Waals surface area contributed by atoms with Gasteiger partial charge in [-0.05, 0) is 13.3 Å². The molecule has 1 aromatic rings. The van der Waals surface area contributed by atoms with Crippen LogP contribution in [0.25, 0.3) is 0 Å². The molecule has 1 saturated heterocycles. The van der Waals surface area contributed by atoms with Gasteiger partial charge in [-0.15, -0.1) is 0 Å². The van der Waals surface area contributed by atoms with Crippen LogP contribution >= 0.6 is 0 Å². The minimum atomic E-state index is -0.428. The number of hydrogen-bond donors (Lipinski definition) is 2. The summed E-state index contributed by atoms with van der Waals surface area (Å²) in [5.74, 6) is 0.565. The van der Waals surface area contributed by atoms with E-state index >= 15 is 0 Å². The molecule has 2 heterocycles. The molecule has 0 amide bonds. The van der Waals surface area contributed by atoms with Crippen LogP contribution in [0.3, 0.4) is 0 Å². The average molecular weight is 237 g/mol. The highest BCUT2D eigenvalue weighted by Crippen LogP contribution is 2.24. The Morgan fingerprint density at radius 3 is 3.18 bits per heavy atom. The summed E-state index contributed by atoms with van der Waals surface area (Å²) in [4.78, 5) is 12.1. The van der Waals surface area contributed by atoms with E-state index in [0.29, 0.717) is 5.82 Å². The molecule has 0 aliphatic carbocycles. The molecule has 1 unspecified atom stereocenters. The molecule has 1 aliphatic rings. The predicted molar refractivity (Wildman–Crippen MR) is 61.4 cm³/mol. The lowest BCUT2D eigenvalue weighted by molar-refractivity contribution is -0.405. The minimum Gasteiger partial charge on any atom is -0.367 e. The van der Waals surface area contributed by atoms with E-state index in [2.05, 4.69) is 15.5 Å². The molecule has 17 heavy (non-hydrogen) atoms. The summed E-state index contributed by atoms with van der Waals surface area (Å²) in [6, 6.07) is 0.0627. The van der Waals surface area contributed by atoms with E-state index in [0.717, 1.165) is 31.3 Å². The van der Waals surface area contributed by atoms with Crippen molar-refractivity contribution >= 4 is 0 Å². The van der Waals surface area contributed by atoms with Gasteiger partial charge in [0.15, 0.2) is 5.82 Å². The first kappa shape index (κ1) is 11.4. The van der Waals surface area contributed by atoms with Gasteiger partial charge >= 0.3 is 0 Å². The van der Waals surface area contributed by atoms with Crippen LogP contribution in [-0.2, 0) is 0 Å². The smallest absolute Gasteiger partial charge is 0.274 e. The van der Waals surface area contributed by atoms with Gasteiger partial charge in [0.25, 0.3) is 6.20 Å². The van der Waals surface area contributed by atoms with Gasteiger partial charge in [0.1, 0.15) is 0 Å². The van der Waals surface area contributed by atoms with E-state index in [1.54, 1.807) is 6.20 Å². The average Bonchev–Trinajstić information content (AvgIpc) is 2.81. The standard InChI is InChI=1S/C10H15N5O2/c1-8(9-5-12-13-6-9)14-4-2-3-11-10(14)7-15(16)17/h5-8,11H,2-4H2,1H3,(H,12,13). The first-order chi connectivity index (χ1) is 8.18. The lowest BCUT2D eigenvalue weighted by atomic mass is 10.1. The first-order valence-electron chi connectivity index (χ1n) is 5.53. The van der Waals surface area contributed by atoms with Crippen LogP contribution in [0, 0.1) is 10.1 Å². The number of nitrogens with zero attached hydrogens (tertiary/aromatic N) is 3. The van der Waals surface area contributed by atoms with Crippen LogP contribution in [0.5, 0.6) is 0 Å². The molecule has 1 atom stereocenters. The number of hydrogen-bond acceptors (Lipinski definition) is 5. The van der Waals surface area contributed by atoms with Crippen LogP contribution in [-0.4, -0.2) is 33.1 Å². The fourth-order valence-electron chi connectivity index (χ4n) is 1.98. The lowest BCUT2D eigenvalue weighted by Crippen LogP contribution is -2.41. The van der Waals surface area contributed by atoms with E-state index < -0.39 is 4.92 Å². The number of aromatic nitrogens is 2. The fraction of sp³-hybridized carbons (Fsp3) is 0.500. The molecule has 1 aliphatic heterocycles. The zero-order valence-corrected chi connectivity index (χ0v) is 9.59. The van der Waals surface area contributed by atoms with Gasteiger partial charge in [-0.1, -0.05) is 0 Å². The Morgan fingerprint density at radius 2 is 2.53 bits per heavy atom. The molecule has 1 fully saturated rings. The molecule has 7 heteroatoms. The summed E-state index contributed by atoms with van der Waals surface area (Å²) >= 11 is 0. The van der Waals surface area contributed by atoms with E-state index in [9.17, 15) is 10.1 Å². The molecule has 92 valence electrons. The number of nitro groups is 1. The summed E-state index contributed by atoms with van der Waals surface area (Å²) in [5, 5.41) is 20.3. The van der Waals surface area contributed by atoms with Gasteiger partial charge in [0, 0.05) is 24.8 Å². The van der Waals surface area contributed by atoms with Gasteiger partial charge in [-0.2, -0.15) is 5.10 Å². The largest absolute Gasteiger partial charge is 0.367 e. The van der Waals surface area contributed by atoms with E-state index in [1.165, 1.54) is 0 Å². The van der Waals surface area contributed by atoms with Crippen LogP contribution < -0.4 is 5.32 Å². The molecule has 7 nitrogen and oxygen atoms in total. The lowest BCUT2D eigenvalue weighted by Gasteiger charge is -2.35. The van der Waals surface area contributed by atoms with E-state index in [4.69, 9.17) is 0 Å². The summed E-state index contributed by atoms with van der Waals surface area (Å²) in [6.07, 6.45) is 5.54. The van der Waals surface area contributed by atoms with Crippen molar-refractivity contribution in [2.45, 2.75) is 19.4 Å². The maximum atomic E-state index is 10.6. The van der Waals surface area contributed by atoms with Gasteiger partial charge < -0.3 is 10.2 Å². The minimum absolute atomic E-state index is 0.0627. The summed E-state index contributed by atoms with van der Waals surface area (Å²) in [5.41, 5.74) is 1.02. The Kier molecular flexibility index (Phi) is 3.27. The first-order valence-corrected chi connectivity index (χ1v) is 5.53. The second-order valence-corrected chi connectivity index (χ2v) is 3.98. The predicted octanol–water partition coefficient (Wildman–Crippen LogP) is 0.842. The van der Waals surface area contributed by atoms with Crippen molar-refractivity contribution in [1.82, 2.24) is 20.4 Å². The second kappa shape index (κ2) is 4.86. The SMILES string of the molecule is CC(c1cn[nH]c1)N1CCCNC1=C[N+](=O)[O-]. The van der Waals surface area contributed by atoms with Crippen molar-refractivity contribution in [3.63, 3.8) is 0 Å². The van der Waals surface area contributed by atoms with Gasteiger partial charge in [0.2, 0.25) is 0 Å². The Balaban J connectivity index is 2.19. The van der Waals surface area contributed by atoms with Crippen molar-refractivity contribution in [3.05, 3.63) is 40.1 Å². The molecule has 1 aromatic heterocycles. The molecule has 0 saturated carbocycles. The second-order valence-electron chi connectivity index (χ2n) is 3.98. The van der Waals surface area contributed by atoms with Gasteiger partial charge in [-0.25, -0.2) is 0 Å². The van der Waals surface area contributed by atoms with Crippen LogP contribution in [0.4, 0.5) is 0 Å². The summed E-state index contributed by atoms with van der Waals surface area (Å²) < 4.78 is 0. The molecule has 0 bridgehead atoms. The highest BCUT2D eigenvalue weighted by atomic mass is 16.6. The van der Waals surface area contributed by atoms with E-state index in [1.807, 2.05) is 18.0 Å². The third-order valence-electron chi connectivity index (χ3n) is 2.89. The Labute approximate surface area is 98.7 Å². The summed E-state index contributed by atoms with van der Waals surface area (Å²) in [6.45, 7) is 3.58. The normalized spacial score (nSPS) is 20.1. The molecule has 2 rings (SSSR count). The third-order valence-corrected chi connectivity index (χ3v) is 2.89. The quantitative estimate of drug-likeness (QED) is 0.601. The third kappa shape index (κ3) is 2.55. The van der Waals surface area contributed by atoms with Crippen molar-refractivity contribution < 1.29 is 4.92 Å². The van der Waals surface area contributed by atoms with Crippen LogP contribution in [0.15, 0.2) is 24.4 Å². The number of aromatic amines is 1. The Bertz CT molecular complexity index is 414. The Hall–Kier alpha value is -2.05. The maximum absolute atomic E-state index is 10.6. The zero-order chi connectivity index (χ0) is 12.3. The Morgan fingerprint density at radius 1 is 1.71 bits per heavy atom. The van der Waals surface area contributed by atoms with Gasteiger partial charge in [0.05, 0.1) is 17.2 Å².